The maximum atomic E-state index is 12.7. The number of phosphoric acid groups is 1. The van der Waals surface area contributed by atoms with Crippen LogP contribution in [-0.4, -0.2) is 65.7 Å². The third kappa shape index (κ3) is 43.7. The average Bonchev–Trinajstić information content (AvgIpc) is 3.24. The quantitative estimate of drug-likeness (QED) is 0.0234. The summed E-state index contributed by atoms with van der Waals surface area (Å²) >= 11 is 0. The van der Waals surface area contributed by atoms with Crippen molar-refractivity contribution in [3.8, 4) is 0 Å². The van der Waals surface area contributed by atoms with Crippen molar-refractivity contribution in [2.45, 2.75) is 212 Å². The minimum atomic E-state index is -4.62. The number of phosphoric ester groups is 1. The minimum absolute atomic E-state index is 0.175. The zero-order valence-corrected chi connectivity index (χ0v) is 38.8. The fourth-order valence-corrected chi connectivity index (χ4v) is 7.06. The molecule has 60 heavy (non-hydrogen) atoms. The molecule has 0 aromatic rings. The fraction of sp³-hybridized carbons (Fsp3) is 0.755. The first kappa shape index (κ1) is 57.7. The maximum absolute atomic E-state index is 12.7. The van der Waals surface area contributed by atoms with Crippen molar-refractivity contribution in [2.75, 3.05) is 26.4 Å². The number of hydrogen-bond acceptors (Lipinski definition) is 9. The van der Waals surface area contributed by atoms with Crippen LogP contribution in [-0.2, 0) is 32.7 Å². The van der Waals surface area contributed by atoms with E-state index < -0.39 is 51.8 Å². The normalized spacial score (nSPS) is 14.3. The summed E-state index contributed by atoms with van der Waals surface area (Å²) in [5, 5.41) is 18.4. The van der Waals surface area contributed by atoms with Crippen molar-refractivity contribution in [3.05, 3.63) is 60.8 Å². The Morgan fingerprint density at radius 1 is 0.517 bits per heavy atom. The van der Waals surface area contributed by atoms with Crippen molar-refractivity contribution in [1.82, 2.24) is 0 Å². The van der Waals surface area contributed by atoms with Gasteiger partial charge >= 0.3 is 19.8 Å². The average molecular weight is 867 g/mol. The van der Waals surface area contributed by atoms with E-state index in [0.717, 1.165) is 89.9 Å². The van der Waals surface area contributed by atoms with Crippen LogP contribution in [0, 0.1) is 0 Å². The van der Waals surface area contributed by atoms with Gasteiger partial charge in [0, 0.05) is 12.8 Å². The Labute approximate surface area is 366 Å². The molecule has 3 unspecified atom stereocenters. The predicted octanol–water partition coefficient (Wildman–Crippen LogP) is 13.1. The summed E-state index contributed by atoms with van der Waals surface area (Å²) < 4.78 is 32.8. The van der Waals surface area contributed by atoms with Gasteiger partial charge in [0.2, 0.25) is 0 Å². The van der Waals surface area contributed by atoms with Gasteiger partial charge in [-0.1, -0.05) is 171 Å². The van der Waals surface area contributed by atoms with Gasteiger partial charge in [-0.05, 0) is 77.0 Å². The Morgan fingerprint density at radius 2 is 0.917 bits per heavy atom. The predicted molar refractivity (Wildman–Crippen MR) is 247 cm³/mol. The molecule has 3 atom stereocenters. The highest BCUT2D eigenvalue weighted by molar-refractivity contribution is 7.47. The van der Waals surface area contributed by atoms with Crippen molar-refractivity contribution in [2.24, 2.45) is 0 Å². The Bertz CT molecular complexity index is 1180. The van der Waals surface area contributed by atoms with E-state index in [9.17, 15) is 24.2 Å². The van der Waals surface area contributed by atoms with Crippen LogP contribution in [0.25, 0.3) is 0 Å². The number of aliphatic hydroxyl groups is 2. The Hall–Kier alpha value is -2.33. The molecule has 0 aliphatic carbocycles. The second-order valence-electron chi connectivity index (χ2n) is 15.7. The van der Waals surface area contributed by atoms with Crippen LogP contribution in [0.5, 0.6) is 0 Å². The number of ether oxygens (including phenoxy) is 2. The van der Waals surface area contributed by atoms with E-state index in [4.69, 9.17) is 23.6 Å². The molecule has 0 radical (unpaired) electrons. The van der Waals surface area contributed by atoms with E-state index in [1.165, 1.54) is 70.6 Å². The van der Waals surface area contributed by atoms with Gasteiger partial charge in [-0.25, -0.2) is 4.57 Å². The third-order valence-electron chi connectivity index (χ3n) is 9.91. The van der Waals surface area contributed by atoms with E-state index in [-0.39, 0.29) is 19.4 Å². The van der Waals surface area contributed by atoms with Crippen LogP contribution in [0.2, 0.25) is 0 Å². The molecule has 0 heterocycles. The number of hydrogen-bond donors (Lipinski definition) is 3. The Kier molecular flexibility index (Phi) is 43.0. The molecule has 0 fully saturated rings. The molecule has 0 aromatic carbocycles. The molecule has 0 aliphatic heterocycles. The lowest BCUT2D eigenvalue weighted by Gasteiger charge is -2.20. The highest BCUT2D eigenvalue weighted by Gasteiger charge is 2.27. The number of allylic oxidation sites excluding steroid dienone is 10. The molecule has 348 valence electrons. The van der Waals surface area contributed by atoms with E-state index in [0.29, 0.717) is 12.8 Å². The summed E-state index contributed by atoms with van der Waals surface area (Å²) in [6.45, 7) is 2.25. The summed E-state index contributed by atoms with van der Waals surface area (Å²) in [4.78, 5) is 35.1. The molecule has 11 heteroatoms. The molecule has 0 rings (SSSR count). The summed E-state index contributed by atoms with van der Waals surface area (Å²) in [5.41, 5.74) is 0. The SMILES string of the molecule is CC/C=C\C/C=C\C/C=C\C/C=C\CCCCCCCCCCCCC(=O)OC(COC(=O)CCCCCCC/C=C\CCCCCCC)COP(=O)(O)OCC(O)CO. The lowest BCUT2D eigenvalue weighted by molar-refractivity contribution is -0.161. The first-order chi connectivity index (χ1) is 29.2. The first-order valence-electron chi connectivity index (χ1n) is 23.7. The molecule has 0 saturated heterocycles. The van der Waals surface area contributed by atoms with Crippen LogP contribution in [0.4, 0.5) is 0 Å². The van der Waals surface area contributed by atoms with Crippen LogP contribution >= 0.6 is 7.82 Å². The smallest absolute Gasteiger partial charge is 0.462 e. The molecular weight excluding hydrogens is 780 g/mol. The third-order valence-corrected chi connectivity index (χ3v) is 10.9. The first-order valence-corrected chi connectivity index (χ1v) is 25.2. The van der Waals surface area contributed by atoms with E-state index >= 15 is 0 Å². The summed E-state index contributed by atoms with van der Waals surface area (Å²) in [7, 11) is -4.62. The monoisotopic (exact) mass is 867 g/mol. The summed E-state index contributed by atoms with van der Waals surface area (Å²) in [6.07, 6.45) is 50.4. The summed E-state index contributed by atoms with van der Waals surface area (Å²) in [5.74, 6) is -0.939. The Balaban J connectivity index is 4.22. The fourth-order valence-electron chi connectivity index (χ4n) is 6.27. The molecule has 0 amide bonds. The summed E-state index contributed by atoms with van der Waals surface area (Å²) in [6, 6.07) is 0. The molecule has 0 aliphatic rings. The molecule has 0 saturated carbocycles. The zero-order valence-electron chi connectivity index (χ0n) is 37.9. The van der Waals surface area contributed by atoms with Crippen LogP contribution in [0.1, 0.15) is 200 Å². The number of esters is 2. The van der Waals surface area contributed by atoms with E-state index in [1.807, 2.05) is 0 Å². The largest absolute Gasteiger partial charge is 0.472 e. The molecule has 0 aromatic heterocycles. The molecule has 0 bridgehead atoms. The lowest BCUT2D eigenvalue weighted by Crippen LogP contribution is -2.29. The van der Waals surface area contributed by atoms with Crippen molar-refractivity contribution in [3.63, 3.8) is 0 Å². The number of aliphatic hydroxyl groups excluding tert-OH is 2. The zero-order chi connectivity index (χ0) is 44.0. The number of carbonyl (C=O) groups excluding carboxylic acids is 2. The maximum Gasteiger partial charge on any atom is 0.472 e. The van der Waals surface area contributed by atoms with Crippen molar-refractivity contribution in [1.29, 1.82) is 0 Å². The Morgan fingerprint density at radius 3 is 1.40 bits per heavy atom. The van der Waals surface area contributed by atoms with Gasteiger partial charge in [-0.2, -0.15) is 0 Å². The van der Waals surface area contributed by atoms with Gasteiger partial charge in [0.25, 0.3) is 0 Å². The van der Waals surface area contributed by atoms with Crippen LogP contribution < -0.4 is 0 Å². The number of carbonyl (C=O) groups is 2. The molecule has 10 nitrogen and oxygen atoms in total. The van der Waals surface area contributed by atoms with E-state index in [1.54, 1.807) is 0 Å². The van der Waals surface area contributed by atoms with E-state index in [2.05, 4.69) is 74.6 Å². The van der Waals surface area contributed by atoms with Gasteiger partial charge in [0.1, 0.15) is 12.7 Å². The molecule has 3 N–H and O–H groups in total. The van der Waals surface area contributed by atoms with Crippen molar-refractivity contribution >= 4 is 19.8 Å². The van der Waals surface area contributed by atoms with Gasteiger partial charge in [0.15, 0.2) is 6.10 Å². The highest BCUT2D eigenvalue weighted by atomic mass is 31.2. The standard InChI is InChI=1S/C49H87O10P/c1-3-5-7-9-11-13-15-17-19-20-21-22-23-24-25-26-27-29-31-33-35-37-39-41-49(53)59-47(45-58-60(54,55)57-43-46(51)42-50)44-56-48(52)40-38-36-34-32-30-28-18-16-14-12-10-8-6-4-2/h5,7,11,13,16-19,21-22,46-47,50-51H,3-4,6,8-10,12,14-15,20,23-45H2,1-2H3,(H,54,55)/b7-5-,13-11-,18-16-,19-17-,22-21-. The molecule has 0 spiro atoms. The number of rotatable bonds is 44. The van der Waals surface area contributed by atoms with Crippen molar-refractivity contribution < 1.29 is 47.8 Å². The minimum Gasteiger partial charge on any atom is -0.462 e. The lowest BCUT2D eigenvalue weighted by atomic mass is 10.0. The number of unbranched alkanes of at least 4 members (excludes halogenated alkanes) is 20. The van der Waals surface area contributed by atoms with Gasteiger partial charge in [-0.15, -0.1) is 0 Å². The molecular formula is C49H87O10P. The second kappa shape index (κ2) is 44.7. The van der Waals surface area contributed by atoms with Crippen LogP contribution in [0.3, 0.4) is 0 Å². The van der Waals surface area contributed by atoms with Gasteiger partial charge in [-0.3, -0.25) is 18.6 Å². The topological polar surface area (TPSA) is 149 Å². The highest BCUT2D eigenvalue weighted by Crippen LogP contribution is 2.43. The van der Waals surface area contributed by atoms with Gasteiger partial charge in [0.05, 0.1) is 19.8 Å². The van der Waals surface area contributed by atoms with Crippen LogP contribution in [0.15, 0.2) is 60.8 Å². The van der Waals surface area contributed by atoms with Gasteiger partial charge < -0.3 is 24.6 Å². The second-order valence-corrected chi connectivity index (χ2v) is 17.2.